The van der Waals surface area contributed by atoms with Crippen molar-refractivity contribution in [1.29, 1.82) is 0 Å². The van der Waals surface area contributed by atoms with Gasteiger partial charge in [0.05, 0.1) is 24.2 Å². The predicted octanol–water partition coefficient (Wildman–Crippen LogP) is 0.424. The van der Waals surface area contributed by atoms with E-state index in [0.717, 1.165) is 4.31 Å². The molecule has 21 heavy (non-hydrogen) atoms. The van der Waals surface area contributed by atoms with Gasteiger partial charge in [-0.1, -0.05) is 6.92 Å². The lowest BCUT2D eigenvalue weighted by Crippen LogP contribution is -2.40. The van der Waals surface area contributed by atoms with Crippen molar-refractivity contribution in [2.45, 2.75) is 18.7 Å². The number of benzene rings is 1. The fraction of sp³-hybridized carbons (Fsp3) is 0.462. The number of likely N-dealkylation sites (N-methyl/N-ethyl adjacent to an activating group) is 2. The third-order valence-corrected chi connectivity index (χ3v) is 4.81. The normalized spacial score (nSPS) is 11.4. The number of nitrogens with zero attached hydrogens (tertiary/aromatic N) is 1. The van der Waals surface area contributed by atoms with Crippen LogP contribution in [0.25, 0.3) is 0 Å². The first-order chi connectivity index (χ1) is 9.86. The second-order valence-electron chi connectivity index (χ2n) is 4.29. The summed E-state index contributed by atoms with van der Waals surface area (Å²) >= 11 is 0. The smallest absolute Gasteiger partial charge is 0.243 e. The lowest BCUT2D eigenvalue weighted by molar-refractivity contribution is -0.121. The molecule has 0 saturated carbocycles. The number of hydrogen-bond acceptors (Lipinski definition) is 5. The average molecular weight is 315 g/mol. The van der Waals surface area contributed by atoms with E-state index in [1.54, 1.807) is 13.8 Å². The minimum absolute atomic E-state index is 0.0414. The van der Waals surface area contributed by atoms with E-state index >= 15 is 0 Å². The number of methoxy groups -OCH3 is 1. The first kappa shape index (κ1) is 17.3. The summed E-state index contributed by atoms with van der Waals surface area (Å²) in [6, 6.07) is 4.21. The molecule has 0 saturated heterocycles. The largest absolute Gasteiger partial charge is 0.495 e. The molecule has 7 nitrogen and oxygen atoms in total. The second-order valence-corrected chi connectivity index (χ2v) is 6.23. The Morgan fingerprint density at radius 2 is 2.05 bits per heavy atom. The van der Waals surface area contributed by atoms with Gasteiger partial charge in [0.2, 0.25) is 15.9 Å². The van der Waals surface area contributed by atoms with Gasteiger partial charge in [-0.25, -0.2) is 8.42 Å². The summed E-state index contributed by atoms with van der Waals surface area (Å²) in [5.74, 6) is -0.0597. The summed E-state index contributed by atoms with van der Waals surface area (Å²) in [5.41, 5.74) is 6.02. The molecule has 118 valence electrons. The molecular weight excluding hydrogens is 294 g/mol. The van der Waals surface area contributed by atoms with Gasteiger partial charge in [0.1, 0.15) is 5.75 Å². The molecule has 1 aromatic rings. The number of nitrogens with one attached hydrogen (secondary N) is 1. The van der Waals surface area contributed by atoms with Crippen molar-refractivity contribution in [2.24, 2.45) is 0 Å². The number of rotatable bonds is 7. The van der Waals surface area contributed by atoms with Crippen LogP contribution in [-0.2, 0) is 14.8 Å². The highest BCUT2D eigenvalue weighted by Crippen LogP contribution is 2.26. The molecule has 1 rings (SSSR count). The summed E-state index contributed by atoms with van der Waals surface area (Å²) < 4.78 is 31.2. The molecule has 1 amide bonds. The van der Waals surface area contributed by atoms with Gasteiger partial charge in [-0.05, 0) is 19.1 Å². The maximum absolute atomic E-state index is 12.5. The Bertz CT molecular complexity index is 601. The van der Waals surface area contributed by atoms with E-state index in [1.165, 1.54) is 25.3 Å². The highest BCUT2D eigenvalue weighted by atomic mass is 32.2. The van der Waals surface area contributed by atoms with Gasteiger partial charge in [0.25, 0.3) is 0 Å². The number of nitrogens with two attached hydrogens (primary N) is 1. The third-order valence-electron chi connectivity index (χ3n) is 2.89. The average Bonchev–Trinajstić information content (AvgIpc) is 2.45. The molecule has 0 unspecified atom stereocenters. The summed E-state index contributed by atoms with van der Waals surface area (Å²) in [6.07, 6.45) is 0. The number of amides is 1. The molecule has 0 atom stereocenters. The zero-order valence-corrected chi connectivity index (χ0v) is 13.2. The zero-order valence-electron chi connectivity index (χ0n) is 12.4. The van der Waals surface area contributed by atoms with Crippen molar-refractivity contribution in [2.75, 3.05) is 32.5 Å². The molecule has 0 heterocycles. The molecule has 3 N–H and O–H groups in total. The molecule has 0 aliphatic heterocycles. The van der Waals surface area contributed by atoms with Crippen LogP contribution in [0.3, 0.4) is 0 Å². The van der Waals surface area contributed by atoms with Gasteiger partial charge in [-0.15, -0.1) is 0 Å². The fourth-order valence-electron chi connectivity index (χ4n) is 1.78. The molecule has 0 aliphatic rings. The van der Waals surface area contributed by atoms with Gasteiger partial charge in [0.15, 0.2) is 0 Å². The summed E-state index contributed by atoms with van der Waals surface area (Å²) in [4.78, 5) is 11.6. The molecule has 0 radical (unpaired) electrons. The predicted molar refractivity (Wildman–Crippen MR) is 80.5 cm³/mol. The van der Waals surface area contributed by atoms with Gasteiger partial charge in [0, 0.05) is 19.2 Å². The Labute approximate surface area is 125 Å². The van der Waals surface area contributed by atoms with Crippen molar-refractivity contribution in [3.8, 4) is 5.75 Å². The third kappa shape index (κ3) is 4.08. The minimum Gasteiger partial charge on any atom is -0.495 e. The Hall–Kier alpha value is -1.80. The van der Waals surface area contributed by atoms with Crippen molar-refractivity contribution >= 4 is 21.6 Å². The topological polar surface area (TPSA) is 102 Å². The van der Waals surface area contributed by atoms with E-state index in [4.69, 9.17) is 10.5 Å². The van der Waals surface area contributed by atoms with Gasteiger partial charge >= 0.3 is 0 Å². The van der Waals surface area contributed by atoms with Crippen LogP contribution < -0.4 is 15.8 Å². The zero-order chi connectivity index (χ0) is 16.0. The molecule has 0 aromatic heterocycles. The van der Waals surface area contributed by atoms with Crippen LogP contribution in [0.15, 0.2) is 23.1 Å². The van der Waals surface area contributed by atoms with Crippen LogP contribution in [0.1, 0.15) is 13.8 Å². The Kier molecular flexibility index (Phi) is 5.98. The van der Waals surface area contributed by atoms with Gasteiger partial charge < -0.3 is 15.8 Å². The van der Waals surface area contributed by atoms with Crippen LogP contribution >= 0.6 is 0 Å². The minimum atomic E-state index is -3.78. The molecule has 0 spiro atoms. The number of sulfonamides is 1. The highest BCUT2D eigenvalue weighted by molar-refractivity contribution is 7.89. The standard InChI is InChI=1S/C13H21N3O4S/c1-4-15-13(17)9-16(5-2)21(18,19)10-6-7-11(14)12(8-10)20-3/h6-8H,4-5,9,14H2,1-3H3,(H,15,17). The maximum atomic E-state index is 12.5. The van der Waals surface area contributed by atoms with Crippen molar-refractivity contribution in [3.63, 3.8) is 0 Å². The molecule has 0 aliphatic carbocycles. The number of carbonyl (C=O) groups is 1. The lowest BCUT2D eigenvalue weighted by Gasteiger charge is -2.20. The molecule has 1 aromatic carbocycles. The fourth-order valence-corrected chi connectivity index (χ4v) is 3.20. The van der Waals surface area contributed by atoms with Crippen LogP contribution in [0.5, 0.6) is 5.75 Å². The molecule has 8 heteroatoms. The summed E-state index contributed by atoms with van der Waals surface area (Å²) in [5, 5.41) is 2.58. The van der Waals surface area contributed by atoms with E-state index < -0.39 is 10.0 Å². The number of carbonyl (C=O) groups excluding carboxylic acids is 1. The lowest BCUT2D eigenvalue weighted by atomic mass is 10.3. The Morgan fingerprint density at radius 3 is 2.57 bits per heavy atom. The van der Waals surface area contributed by atoms with Gasteiger partial charge in [-0.2, -0.15) is 4.31 Å². The van der Waals surface area contributed by atoms with E-state index in [0.29, 0.717) is 12.2 Å². The number of nitrogen functional groups attached to an aromatic ring is 1. The van der Waals surface area contributed by atoms with Crippen molar-refractivity contribution in [1.82, 2.24) is 9.62 Å². The SMILES string of the molecule is CCNC(=O)CN(CC)S(=O)(=O)c1ccc(N)c(OC)c1. The van der Waals surface area contributed by atoms with Crippen LogP contribution in [0.4, 0.5) is 5.69 Å². The van der Waals surface area contributed by atoms with Gasteiger partial charge in [-0.3, -0.25) is 4.79 Å². The Balaban J connectivity index is 3.09. The van der Waals surface area contributed by atoms with E-state index in [1.807, 2.05) is 0 Å². The second kappa shape index (κ2) is 7.28. The van der Waals surface area contributed by atoms with Crippen molar-refractivity contribution < 1.29 is 17.9 Å². The number of anilines is 1. The van der Waals surface area contributed by atoms with E-state index in [9.17, 15) is 13.2 Å². The Morgan fingerprint density at radius 1 is 1.38 bits per heavy atom. The summed E-state index contributed by atoms with van der Waals surface area (Å²) in [6.45, 7) is 3.86. The maximum Gasteiger partial charge on any atom is 0.243 e. The summed E-state index contributed by atoms with van der Waals surface area (Å²) in [7, 11) is -2.37. The van der Waals surface area contributed by atoms with Crippen LogP contribution in [0, 0.1) is 0 Å². The quantitative estimate of drug-likeness (QED) is 0.710. The monoisotopic (exact) mass is 315 g/mol. The van der Waals surface area contributed by atoms with Crippen molar-refractivity contribution in [3.05, 3.63) is 18.2 Å². The molecule has 0 bridgehead atoms. The molecule has 0 fully saturated rings. The van der Waals surface area contributed by atoms with Crippen LogP contribution in [0.2, 0.25) is 0 Å². The first-order valence-electron chi connectivity index (χ1n) is 6.57. The van der Waals surface area contributed by atoms with E-state index in [-0.39, 0.29) is 29.6 Å². The highest BCUT2D eigenvalue weighted by Gasteiger charge is 2.25. The number of ether oxygens (including phenoxy) is 1. The first-order valence-corrected chi connectivity index (χ1v) is 8.01. The number of hydrogen-bond donors (Lipinski definition) is 2. The van der Waals surface area contributed by atoms with Crippen LogP contribution in [-0.4, -0.2) is 45.4 Å². The van der Waals surface area contributed by atoms with E-state index in [2.05, 4.69) is 5.32 Å². The molecular formula is C13H21N3O4S.